The molecule has 0 bridgehead atoms. The summed E-state index contributed by atoms with van der Waals surface area (Å²) >= 11 is 2.77. The van der Waals surface area contributed by atoms with Gasteiger partial charge in [0, 0.05) is 27.1 Å². The smallest absolute Gasteiger partial charge is 0.255 e. The van der Waals surface area contributed by atoms with E-state index in [-0.39, 0.29) is 17.1 Å². The molecule has 0 fully saturated rings. The fourth-order valence-electron chi connectivity index (χ4n) is 3.33. The summed E-state index contributed by atoms with van der Waals surface area (Å²) in [5.74, 6) is 0.968. The van der Waals surface area contributed by atoms with Crippen molar-refractivity contribution in [3.63, 3.8) is 0 Å². The quantitative estimate of drug-likeness (QED) is 0.256. The summed E-state index contributed by atoms with van der Waals surface area (Å²) in [6, 6.07) is 22.0. The Bertz CT molecular complexity index is 1370. The molecular formula is C27H25N3O4S2. The molecule has 36 heavy (non-hydrogen) atoms. The van der Waals surface area contributed by atoms with E-state index in [0.29, 0.717) is 22.1 Å². The third-order valence-corrected chi connectivity index (χ3v) is 7.06. The molecule has 0 aliphatic rings. The number of anilines is 2. The zero-order valence-corrected chi connectivity index (χ0v) is 21.6. The molecule has 7 nitrogen and oxygen atoms in total. The number of aromatic nitrogens is 1. The van der Waals surface area contributed by atoms with E-state index in [9.17, 15) is 9.59 Å². The molecule has 9 heteroatoms. The van der Waals surface area contributed by atoms with Gasteiger partial charge < -0.3 is 20.1 Å². The normalized spacial score (nSPS) is 11.4. The molecule has 1 unspecified atom stereocenters. The van der Waals surface area contributed by atoms with Crippen LogP contribution in [0.3, 0.4) is 0 Å². The number of hydrogen-bond donors (Lipinski definition) is 2. The van der Waals surface area contributed by atoms with Gasteiger partial charge in [0.1, 0.15) is 11.5 Å². The molecule has 0 saturated carbocycles. The molecule has 0 aliphatic heterocycles. The lowest BCUT2D eigenvalue weighted by molar-refractivity contribution is -0.115. The van der Waals surface area contributed by atoms with Crippen LogP contribution in [0.4, 0.5) is 10.8 Å². The number of nitrogens with one attached hydrogen (secondary N) is 2. The monoisotopic (exact) mass is 519 g/mol. The average molecular weight is 520 g/mol. The van der Waals surface area contributed by atoms with Gasteiger partial charge in [0.05, 0.1) is 25.2 Å². The topological polar surface area (TPSA) is 89.5 Å². The number of nitrogens with zero attached hydrogens (tertiary/aromatic N) is 1. The highest BCUT2D eigenvalue weighted by Crippen LogP contribution is 2.30. The summed E-state index contributed by atoms with van der Waals surface area (Å²) in [4.78, 5) is 30.8. The van der Waals surface area contributed by atoms with Crippen LogP contribution in [0, 0.1) is 0 Å². The maximum atomic E-state index is 12.8. The van der Waals surface area contributed by atoms with Gasteiger partial charge in [-0.25, -0.2) is 4.98 Å². The summed E-state index contributed by atoms with van der Waals surface area (Å²) < 4.78 is 10.5. The van der Waals surface area contributed by atoms with E-state index in [0.717, 1.165) is 21.9 Å². The van der Waals surface area contributed by atoms with Gasteiger partial charge >= 0.3 is 0 Å². The Morgan fingerprint density at radius 1 is 0.917 bits per heavy atom. The highest BCUT2D eigenvalue weighted by Gasteiger charge is 2.17. The van der Waals surface area contributed by atoms with Gasteiger partial charge in [-0.05, 0) is 55.5 Å². The maximum absolute atomic E-state index is 12.8. The minimum Gasteiger partial charge on any atom is -0.497 e. The number of thiazole rings is 1. The van der Waals surface area contributed by atoms with Gasteiger partial charge in [0.2, 0.25) is 5.91 Å². The number of carbonyl (C=O) groups is 2. The van der Waals surface area contributed by atoms with Crippen molar-refractivity contribution in [3.8, 4) is 22.8 Å². The van der Waals surface area contributed by atoms with Crippen LogP contribution in [0.25, 0.3) is 11.3 Å². The van der Waals surface area contributed by atoms with Crippen molar-refractivity contribution in [2.75, 3.05) is 24.9 Å². The van der Waals surface area contributed by atoms with Gasteiger partial charge in [0.25, 0.3) is 5.91 Å². The largest absolute Gasteiger partial charge is 0.497 e. The molecule has 184 valence electrons. The molecule has 4 rings (SSSR count). The van der Waals surface area contributed by atoms with Gasteiger partial charge in [-0.2, -0.15) is 0 Å². The number of rotatable bonds is 9. The third kappa shape index (κ3) is 6.44. The Balaban J connectivity index is 1.36. The fourth-order valence-corrected chi connectivity index (χ4v) is 4.97. The molecule has 2 N–H and O–H groups in total. The second-order valence-electron chi connectivity index (χ2n) is 7.73. The van der Waals surface area contributed by atoms with E-state index in [2.05, 4.69) is 15.6 Å². The molecule has 0 aliphatic carbocycles. The Morgan fingerprint density at radius 3 is 2.42 bits per heavy atom. The van der Waals surface area contributed by atoms with Crippen molar-refractivity contribution < 1.29 is 19.1 Å². The van der Waals surface area contributed by atoms with Crippen molar-refractivity contribution in [2.24, 2.45) is 0 Å². The van der Waals surface area contributed by atoms with E-state index in [1.54, 1.807) is 38.5 Å². The van der Waals surface area contributed by atoms with Crippen molar-refractivity contribution in [1.29, 1.82) is 0 Å². The summed E-state index contributed by atoms with van der Waals surface area (Å²) in [6.45, 7) is 1.83. The number of thioether (sulfide) groups is 1. The van der Waals surface area contributed by atoms with Crippen LogP contribution in [0.15, 0.2) is 83.1 Å². The molecule has 2 amide bonds. The number of hydrogen-bond acceptors (Lipinski definition) is 7. The predicted molar refractivity (Wildman–Crippen MR) is 145 cm³/mol. The number of benzene rings is 3. The Kier molecular flexibility index (Phi) is 8.24. The molecule has 1 atom stereocenters. The van der Waals surface area contributed by atoms with Gasteiger partial charge in [0.15, 0.2) is 5.13 Å². The van der Waals surface area contributed by atoms with Crippen LogP contribution >= 0.6 is 23.1 Å². The van der Waals surface area contributed by atoms with Gasteiger partial charge in [-0.15, -0.1) is 23.1 Å². The molecule has 1 aromatic heterocycles. The Morgan fingerprint density at radius 2 is 1.64 bits per heavy atom. The van der Waals surface area contributed by atoms with Gasteiger partial charge in [-0.1, -0.05) is 24.3 Å². The number of ether oxygens (including phenoxy) is 2. The molecular weight excluding hydrogens is 494 g/mol. The van der Waals surface area contributed by atoms with E-state index in [1.165, 1.54) is 23.1 Å². The van der Waals surface area contributed by atoms with E-state index >= 15 is 0 Å². The minimum atomic E-state index is -0.376. The Hall–Kier alpha value is -3.82. The van der Waals surface area contributed by atoms with Crippen LogP contribution in [-0.4, -0.2) is 36.3 Å². The molecule has 0 radical (unpaired) electrons. The van der Waals surface area contributed by atoms with E-state index in [4.69, 9.17) is 9.47 Å². The number of methoxy groups -OCH3 is 2. The molecule has 0 spiro atoms. The number of amides is 2. The number of carbonyl (C=O) groups excluding carboxylic acids is 2. The lowest BCUT2D eigenvalue weighted by Crippen LogP contribution is -2.22. The fraction of sp³-hybridized carbons (Fsp3) is 0.148. The van der Waals surface area contributed by atoms with Crippen LogP contribution in [0.1, 0.15) is 17.3 Å². The summed E-state index contributed by atoms with van der Waals surface area (Å²) in [5, 5.41) is 7.84. The lowest BCUT2D eigenvalue weighted by Gasteiger charge is -2.12. The van der Waals surface area contributed by atoms with E-state index < -0.39 is 0 Å². The summed E-state index contributed by atoms with van der Waals surface area (Å²) in [7, 11) is 3.18. The van der Waals surface area contributed by atoms with Crippen molar-refractivity contribution >= 4 is 45.7 Å². The lowest BCUT2D eigenvalue weighted by atomic mass is 10.2. The highest BCUT2D eigenvalue weighted by atomic mass is 32.2. The first kappa shape index (κ1) is 25.3. The van der Waals surface area contributed by atoms with Crippen LogP contribution in [0.2, 0.25) is 0 Å². The predicted octanol–water partition coefficient (Wildman–Crippen LogP) is 6.20. The van der Waals surface area contributed by atoms with Crippen LogP contribution in [-0.2, 0) is 4.79 Å². The van der Waals surface area contributed by atoms with Crippen molar-refractivity contribution in [2.45, 2.75) is 17.1 Å². The first-order valence-electron chi connectivity index (χ1n) is 11.1. The molecule has 4 aromatic rings. The van der Waals surface area contributed by atoms with E-state index in [1.807, 2.05) is 60.8 Å². The van der Waals surface area contributed by atoms with Crippen LogP contribution < -0.4 is 20.1 Å². The molecule has 1 heterocycles. The van der Waals surface area contributed by atoms with Crippen molar-refractivity contribution in [3.05, 3.63) is 83.7 Å². The highest BCUT2D eigenvalue weighted by molar-refractivity contribution is 8.00. The second kappa shape index (κ2) is 11.7. The molecule has 0 saturated heterocycles. The zero-order valence-electron chi connectivity index (χ0n) is 20.0. The zero-order chi connectivity index (χ0) is 25.5. The van der Waals surface area contributed by atoms with Crippen LogP contribution in [0.5, 0.6) is 11.5 Å². The Labute approximate surface area is 217 Å². The third-order valence-electron chi connectivity index (χ3n) is 5.21. The van der Waals surface area contributed by atoms with Gasteiger partial charge in [-0.3, -0.25) is 9.59 Å². The summed E-state index contributed by atoms with van der Waals surface area (Å²) in [5.41, 5.74) is 2.83. The first-order chi connectivity index (χ1) is 17.4. The maximum Gasteiger partial charge on any atom is 0.255 e. The summed E-state index contributed by atoms with van der Waals surface area (Å²) in [6.07, 6.45) is 0. The van der Waals surface area contributed by atoms with Crippen molar-refractivity contribution in [1.82, 2.24) is 4.98 Å². The minimum absolute atomic E-state index is 0.155. The average Bonchev–Trinajstić information content (AvgIpc) is 3.37. The standard InChI is InChI=1S/C27H25N3O4S2/c1-17(25(31)30-27-29-24(16-35-27)18-7-4-10-21(13-18)33-2)36-23-12-6-9-20(15-23)28-26(32)19-8-5-11-22(14-19)34-3/h4-17H,1-3H3,(H,28,32)(H,29,30,31). The first-order valence-corrected chi connectivity index (χ1v) is 12.8. The molecule has 3 aromatic carbocycles. The SMILES string of the molecule is COc1cccc(C(=O)Nc2cccc(SC(C)C(=O)Nc3nc(-c4cccc(OC)c4)cs3)c2)c1. The second-order valence-corrected chi connectivity index (χ2v) is 10.0.